The molecule has 0 aliphatic heterocycles. The number of imidazole rings is 1. The SMILES string of the molecule is Cn1c(Br)nc2c1c(=O)n(Cc1ccc(Cl)cc1)c(=O)n2C. The van der Waals surface area contributed by atoms with E-state index in [1.165, 1.54) is 9.13 Å². The third-order valence-corrected chi connectivity index (χ3v) is 4.52. The van der Waals surface area contributed by atoms with Crippen LogP contribution in [0.4, 0.5) is 0 Å². The van der Waals surface area contributed by atoms with Crippen molar-refractivity contribution in [3.63, 3.8) is 0 Å². The Morgan fingerprint density at radius 3 is 2.41 bits per heavy atom. The summed E-state index contributed by atoms with van der Waals surface area (Å²) in [5.74, 6) is 0. The molecule has 3 aromatic rings. The highest BCUT2D eigenvalue weighted by Crippen LogP contribution is 2.14. The molecule has 0 unspecified atom stereocenters. The largest absolute Gasteiger partial charge is 0.332 e. The van der Waals surface area contributed by atoms with Gasteiger partial charge in [-0.05, 0) is 33.6 Å². The Bertz CT molecular complexity index is 985. The van der Waals surface area contributed by atoms with Gasteiger partial charge in [-0.3, -0.25) is 13.9 Å². The van der Waals surface area contributed by atoms with E-state index in [1.807, 2.05) is 0 Å². The van der Waals surface area contributed by atoms with Crippen LogP contribution in [0.2, 0.25) is 5.02 Å². The minimum atomic E-state index is -0.405. The third-order valence-electron chi connectivity index (χ3n) is 3.56. The van der Waals surface area contributed by atoms with E-state index in [0.29, 0.717) is 20.9 Å². The number of rotatable bonds is 2. The van der Waals surface area contributed by atoms with Gasteiger partial charge in [-0.1, -0.05) is 23.7 Å². The number of halogens is 2. The topological polar surface area (TPSA) is 61.8 Å². The van der Waals surface area contributed by atoms with Crippen LogP contribution in [0.5, 0.6) is 0 Å². The first-order chi connectivity index (χ1) is 10.4. The van der Waals surface area contributed by atoms with E-state index in [-0.39, 0.29) is 12.1 Å². The zero-order valence-electron chi connectivity index (χ0n) is 11.9. The lowest BCUT2D eigenvalue weighted by Gasteiger charge is -2.08. The number of hydrogen-bond acceptors (Lipinski definition) is 3. The maximum Gasteiger partial charge on any atom is 0.332 e. The monoisotopic (exact) mass is 382 g/mol. The van der Waals surface area contributed by atoms with Crippen LogP contribution in [0.25, 0.3) is 11.2 Å². The van der Waals surface area contributed by atoms with Crippen LogP contribution in [0.15, 0.2) is 38.6 Å². The summed E-state index contributed by atoms with van der Waals surface area (Å²) in [5, 5.41) is 0.606. The maximum atomic E-state index is 12.6. The predicted octanol–water partition coefficient (Wildman–Crippen LogP) is 1.90. The Hall–Kier alpha value is -1.86. The Balaban J connectivity index is 2.26. The van der Waals surface area contributed by atoms with Gasteiger partial charge in [0.2, 0.25) is 0 Å². The van der Waals surface area contributed by atoms with Gasteiger partial charge in [-0.15, -0.1) is 0 Å². The van der Waals surface area contributed by atoms with Gasteiger partial charge >= 0.3 is 5.69 Å². The second-order valence-corrected chi connectivity index (χ2v) is 6.12. The average Bonchev–Trinajstić information content (AvgIpc) is 2.79. The Labute approximate surface area is 138 Å². The molecular formula is C14H12BrClN4O2. The number of aromatic nitrogens is 4. The Morgan fingerprint density at radius 2 is 1.77 bits per heavy atom. The van der Waals surface area contributed by atoms with E-state index in [0.717, 1.165) is 5.56 Å². The van der Waals surface area contributed by atoms with E-state index in [9.17, 15) is 9.59 Å². The van der Waals surface area contributed by atoms with Crippen molar-refractivity contribution < 1.29 is 0 Å². The summed E-state index contributed by atoms with van der Waals surface area (Å²) >= 11 is 9.13. The number of fused-ring (bicyclic) bond motifs is 1. The quantitative estimate of drug-likeness (QED) is 0.635. The first-order valence-corrected chi connectivity index (χ1v) is 7.63. The normalized spacial score (nSPS) is 11.3. The van der Waals surface area contributed by atoms with E-state index in [2.05, 4.69) is 20.9 Å². The van der Waals surface area contributed by atoms with Crippen LogP contribution in [-0.4, -0.2) is 18.7 Å². The smallest absolute Gasteiger partial charge is 0.316 e. The molecule has 0 N–H and O–H groups in total. The number of nitrogens with zero attached hydrogens (tertiary/aromatic N) is 4. The van der Waals surface area contributed by atoms with E-state index in [1.54, 1.807) is 42.9 Å². The molecule has 0 radical (unpaired) electrons. The first kappa shape index (κ1) is 15.1. The molecule has 6 nitrogen and oxygen atoms in total. The summed E-state index contributed by atoms with van der Waals surface area (Å²) in [6.07, 6.45) is 0. The molecule has 2 heterocycles. The van der Waals surface area contributed by atoms with Crippen LogP contribution >= 0.6 is 27.5 Å². The van der Waals surface area contributed by atoms with Crippen molar-refractivity contribution in [2.45, 2.75) is 6.54 Å². The fourth-order valence-corrected chi connectivity index (χ4v) is 2.80. The number of hydrogen-bond donors (Lipinski definition) is 0. The molecule has 114 valence electrons. The lowest BCUT2D eigenvalue weighted by Crippen LogP contribution is -2.39. The van der Waals surface area contributed by atoms with Gasteiger partial charge in [0.15, 0.2) is 15.9 Å². The summed E-state index contributed by atoms with van der Waals surface area (Å²) in [7, 11) is 3.32. The van der Waals surface area contributed by atoms with Gasteiger partial charge in [0.1, 0.15) is 0 Å². The summed E-state index contributed by atoms with van der Waals surface area (Å²) < 4.78 is 4.69. The van der Waals surface area contributed by atoms with Gasteiger partial charge in [-0.2, -0.15) is 0 Å². The van der Waals surface area contributed by atoms with Crippen molar-refractivity contribution in [1.29, 1.82) is 0 Å². The van der Waals surface area contributed by atoms with E-state index >= 15 is 0 Å². The molecule has 0 saturated heterocycles. The second kappa shape index (κ2) is 5.40. The molecule has 0 fully saturated rings. The summed E-state index contributed by atoms with van der Waals surface area (Å²) in [5.41, 5.74) is 0.788. The average molecular weight is 384 g/mol. The zero-order chi connectivity index (χ0) is 16.0. The van der Waals surface area contributed by atoms with Gasteiger partial charge in [-0.25, -0.2) is 9.78 Å². The van der Waals surface area contributed by atoms with Crippen LogP contribution in [-0.2, 0) is 20.6 Å². The Morgan fingerprint density at radius 1 is 1.14 bits per heavy atom. The molecule has 1 aromatic carbocycles. The first-order valence-electron chi connectivity index (χ1n) is 6.46. The standard InChI is InChI=1S/C14H12BrClN4O2/c1-18-10-11(17-13(18)15)19(2)14(22)20(12(10)21)7-8-3-5-9(16)6-4-8/h3-6H,7H2,1-2H3. The molecule has 22 heavy (non-hydrogen) atoms. The highest BCUT2D eigenvalue weighted by molar-refractivity contribution is 9.10. The van der Waals surface area contributed by atoms with E-state index < -0.39 is 5.69 Å². The van der Waals surface area contributed by atoms with Gasteiger partial charge in [0.05, 0.1) is 6.54 Å². The summed E-state index contributed by atoms with van der Waals surface area (Å²) in [6, 6.07) is 7.03. The molecule has 0 atom stereocenters. The fraction of sp³-hybridized carbons (Fsp3) is 0.214. The van der Waals surface area contributed by atoms with Crippen molar-refractivity contribution in [2.75, 3.05) is 0 Å². The van der Waals surface area contributed by atoms with Crippen molar-refractivity contribution in [3.05, 3.63) is 60.4 Å². The summed E-state index contributed by atoms with van der Waals surface area (Å²) in [6.45, 7) is 0.182. The molecular weight excluding hydrogens is 372 g/mol. The van der Waals surface area contributed by atoms with E-state index in [4.69, 9.17) is 11.6 Å². The molecule has 0 amide bonds. The summed E-state index contributed by atoms with van der Waals surface area (Å²) in [4.78, 5) is 29.3. The van der Waals surface area contributed by atoms with Gasteiger partial charge in [0, 0.05) is 19.1 Å². The van der Waals surface area contributed by atoms with Crippen molar-refractivity contribution in [1.82, 2.24) is 18.7 Å². The van der Waals surface area contributed by atoms with Crippen molar-refractivity contribution >= 4 is 38.7 Å². The highest BCUT2D eigenvalue weighted by atomic mass is 79.9. The Kier molecular flexibility index (Phi) is 3.70. The van der Waals surface area contributed by atoms with Gasteiger partial charge < -0.3 is 4.57 Å². The molecule has 0 aliphatic rings. The second-order valence-electron chi connectivity index (χ2n) is 4.97. The minimum absolute atomic E-state index is 0.182. The lowest BCUT2D eigenvalue weighted by atomic mass is 10.2. The molecule has 3 rings (SSSR count). The predicted molar refractivity (Wildman–Crippen MR) is 88.5 cm³/mol. The number of aryl methyl sites for hydroxylation is 2. The molecule has 0 saturated carbocycles. The molecule has 8 heteroatoms. The highest BCUT2D eigenvalue weighted by Gasteiger charge is 2.17. The zero-order valence-corrected chi connectivity index (χ0v) is 14.2. The number of benzene rings is 1. The van der Waals surface area contributed by atoms with Crippen LogP contribution in [0, 0.1) is 0 Å². The van der Waals surface area contributed by atoms with Crippen molar-refractivity contribution in [2.24, 2.45) is 14.1 Å². The molecule has 0 spiro atoms. The van der Waals surface area contributed by atoms with Crippen LogP contribution < -0.4 is 11.2 Å². The van der Waals surface area contributed by atoms with Crippen LogP contribution in [0.3, 0.4) is 0 Å². The molecule has 2 aromatic heterocycles. The molecule has 0 bridgehead atoms. The van der Waals surface area contributed by atoms with Gasteiger partial charge in [0.25, 0.3) is 5.56 Å². The minimum Gasteiger partial charge on any atom is -0.316 e. The maximum absolute atomic E-state index is 12.6. The fourth-order valence-electron chi connectivity index (χ4n) is 2.33. The van der Waals surface area contributed by atoms with Crippen LogP contribution in [0.1, 0.15) is 5.56 Å². The van der Waals surface area contributed by atoms with Crippen molar-refractivity contribution in [3.8, 4) is 0 Å². The molecule has 0 aliphatic carbocycles. The third kappa shape index (κ3) is 2.30. The lowest BCUT2D eigenvalue weighted by molar-refractivity contribution is 0.655.